The molecule has 9 nitrogen and oxygen atoms in total. The smallest absolute Gasteiger partial charge is 0.268 e. The second kappa shape index (κ2) is 9.78. The van der Waals surface area contributed by atoms with Gasteiger partial charge in [0.15, 0.2) is 0 Å². The second-order valence-electron chi connectivity index (χ2n) is 5.29. The predicted octanol–water partition coefficient (Wildman–Crippen LogP) is -1.36. The maximum absolute atomic E-state index is 12.3. The number of hydrogen-bond acceptors (Lipinski definition) is 5. The third kappa shape index (κ3) is 6.23. The maximum Gasteiger partial charge on any atom is 0.268 e. The zero-order valence-electron chi connectivity index (χ0n) is 13.5. The lowest BCUT2D eigenvalue weighted by molar-refractivity contribution is -0.139. The molecule has 2 N–H and O–H groups in total. The number of amides is 4. The molecular weight excluding hydrogens is 304 g/mol. The first-order chi connectivity index (χ1) is 11.0. The highest BCUT2D eigenvalue weighted by atomic mass is 16.7. The van der Waals surface area contributed by atoms with Gasteiger partial charge >= 0.3 is 0 Å². The molecule has 0 aromatic carbocycles. The Balaban J connectivity index is 2.55. The zero-order valence-corrected chi connectivity index (χ0v) is 13.5. The topological polar surface area (TPSA) is 108 Å². The number of hydrogen-bond donors (Lipinski definition) is 2. The Labute approximate surface area is 135 Å². The Kier molecular flexibility index (Phi) is 8.03. The highest BCUT2D eigenvalue weighted by Crippen LogP contribution is 1.99. The predicted molar refractivity (Wildman–Crippen MR) is 80.8 cm³/mol. The SMILES string of the molecule is CCCN(C=O)CC(=O)N(CCC)CC(=O)NC1CONC1=O. The van der Waals surface area contributed by atoms with Gasteiger partial charge in [-0.1, -0.05) is 13.8 Å². The standard InChI is InChI=1S/C14H24N4O5/c1-3-5-17(10-19)8-13(21)18(6-4-2)7-12(20)15-11-9-23-16-14(11)22/h10-11H,3-9H2,1-2H3,(H,15,20)(H,16,22). The van der Waals surface area contributed by atoms with Crippen molar-refractivity contribution in [3.8, 4) is 0 Å². The number of hydroxylamine groups is 1. The van der Waals surface area contributed by atoms with Crippen molar-refractivity contribution in [1.82, 2.24) is 20.6 Å². The minimum absolute atomic E-state index is 0.0573. The molecule has 0 bridgehead atoms. The Morgan fingerprint density at radius 3 is 2.52 bits per heavy atom. The van der Waals surface area contributed by atoms with Crippen LogP contribution in [0.5, 0.6) is 0 Å². The minimum atomic E-state index is -0.743. The van der Waals surface area contributed by atoms with E-state index >= 15 is 0 Å². The fourth-order valence-electron chi connectivity index (χ4n) is 2.16. The lowest BCUT2D eigenvalue weighted by Gasteiger charge is -2.25. The maximum atomic E-state index is 12.3. The Morgan fingerprint density at radius 1 is 1.30 bits per heavy atom. The molecule has 23 heavy (non-hydrogen) atoms. The van der Waals surface area contributed by atoms with Crippen molar-refractivity contribution < 1.29 is 24.0 Å². The molecule has 9 heteroatoms. The number of nitrogens with zero attached hydrogens (tertiary/aromatic N) is 2. The van der Waals surface area contributed by atoms with Crippen molar-refractivity contribution in [2.24, 2.45) is 0 Å². The van der Waals surface area contributed by atoms with E-state index in [0.717, 1.165) is 6.42 Å². The lowest BCUT2D eigenvalue weighted by Crippen LogP contribution is -2.49. The van der Waals surface area contributed by atoms with Crippen molar-refractivity contribution in [2.45, 2.75) is 32.7 Å². The summed E-state index contributed by atoms with van der Waals surface area (Å²) in [6, 6.07) is -0.743. The first kappa shape index (κ1) is 18.9. The van der Waals surface area contributed by atoms with Gasteiger partial charge < -0.3 is 15.1 Å². The Morgan fingerprint density at radius 2 is 2.00 bits per heavy atom. The third-order valence-corrected chi connectivity index (χ3v) is 3.25. The summed E-state index contributed by atoms with van der Waals surface area (Å²) >= 11 is 0. The molecule has 1 aliphatic rings. The van der Waals surface area contributed by atoms with E-state index in [2.05, 4.69) is 10.8 Å². The normalized spacial score (nSPS) is 16.6. The second-order valence-corrected chi connectivity index (χ2v) is 5.29. The highest BCUT2D eigenvalue weighted by Gasteiger charge is 2.28. The molecule has 1 heterocycles. The van der Waals surface area contributed by atoms with Gasteiger partial charge in [-0.05, 0) is 12.8 Å². The largest absolute Gasteiger partial charge is 0.341 e. The molecule has 0 aromatic rings. The molecule has 0 spiro atoms. The van der Waals surface area contributed by atoms with Crippen LogP contribution in [0.25, 0.3) is 0 Å². The monoisotopic (exact) mass is 328 g/mol. The summed E-state index contributed by atoms with van der Waals surface area (Å²) in [5, 5.41) is 2.51. The van der Waals surface area contributed by atoms with E-state index < -0.39 is 17.9 Å². The van der Waals surface area contributed by atoms with Crippen LogP contribution in [0, 0.1) is 0 Å². The molecule has 1 atom stereocenters. The van der Waals surface area contributed by atoms with Crippen molar-refractivity contribution >= 4 is 24.1 Å². The van der Waals surface area contributed by atoms with Crippen LogP contribution in [0.3, 0.4) is 0 Å². The van der Waals surface area contributed by atoms with E-state index in [-0.39, 0.29) is 25.6 Å². The number of carbonyl (C=O) groups excluding carboxylic acids is 4. The number of rotatable bonds is 10. The van der Waals surface area contributed by atoms with Crippen LogP contribution < -0.4 is 10.8 Å². The van der Waals surface area contributed by atoms with Crippen LogP contribution in [-0.4, -0.2) is 72.8 Å². The van der Waals surface area contributed by atoms with Crippen LogP contribution in [0.2, 0.25) is 0 Å². The summed E-state index contributed by atoms with van der Waals surface area (Å²) in [5.74, 6) is -1.15. The summed E-state index contributed by atoms with van der Waals surface area (Å²) in [6.45, 7) is 4.53. The fourth-order valence-corrected chi connectivity index (χ4v) is 2.16. The summed E-state index contributed by atoms with van der Waals surface area (Å²) in [4.78, 5) is 54.0. The van der Waals surface area contributed by atoms with Crippen molar-refractivity contribution in [1.29, 1.82) is 0 Å². The van der Waals surface area contributed by atoms with E-state index in [1.165, 1.54) is 9.80 Å². The molecule has 4 amide bonds. The van der Waals surface area contributed by atoms with Crippen molar-refractivity contribution in [3.63, 3.8) is 0 Å². The van der Waals surface area contributed by atoms with Crippen LogP contribution in [0.1, 0.15) is 26.7 Å². The third-order valence-electron chi connectivity index (χ3n) is 3.25. The van der Waals surface area contributed by atoms with E-state index in [1.54, 1.807) is 0 Å². The van der Waals surface area contributed by atoms with Crippen LogP contribution >= 0.6 is 0 Å². The Bertz CT molecular complexity index is 443. The van der Waals surface area contributed by atoms with Crippen molar-refractivity contribution in [3.05, 3.63) is 0 Å². The first-order valence-corrected chi connectivity index (χ1v) is 7.69. The summed E-state index contributed by atoms with van der Waals surface area (Å²) in [7, 11) is 0. The summed E-state index contributed by atoms with van der Waals surface area (Å²) in [5.41, 5.74) is 2.14. The summed E-state index contributed by atoms with van der Waals surface area (Å²) < 4.78 is 0. The van der Waals surface area contributed by atoms with Gasteiger partial charge in [0.05, 0.1) is 13.1 Å². The van der Waals surface area contributed by atoms with E-state index in [0.29, 0.717) is 25.9 Å². The molecule has 1 saturated heterocycles. The van der Waals surface area contributed by atoms with Gasteiger partial charge in [-0.15, -0.1) is 0 Å². The van der Waals surface area contributed by atoms with Gasteiger partial charge in [0.25, 0.3) is 5.91 Å². The average Bonchev–Trinajstić information content (AvgIpc) is 2.91. The van der Waals surface area contributed by atoms with Gasteiger partial charge in [0.2, 0.25) is 18.2 Å². The molecule has 0 radical (unpaired) electrons. The molecular formula is C14H24N4O5. The minimum Gasteiger partial charge on any atom is -0.341 e. The summed E-state index contributed by atoms with van der Waals surface area (Å²) in [6.07, 6.45) is 2.06. The van der Waals surface area contributed by atoms with E-state index in [4.69, 9.17) is 4.84 Å². The van der Waals surface area contributed by atoms with Crippen molar-refractivity contribution in [2.75, 3.05) is 32.8 Å². The molecule has 1 aliphatic heterocycles. The Hall–Kier alpha value is -2.16. The average molecular weight is 328 g/mol. The highest BCUT2D eigenvalue weighted by molar-refractivity contribution is 5.91. The van der Waals surface area contributed by atoms with Crippen LogP contribution in [-0.2, 0) is 24.0 Å². The number of carbonyl (C=O) groups is 4. The van der Waals surface area contributed by atoms with E-state index in [1.807, 2.05) is 13.8 Å². The van der Waals surface area contributed by atoms with Gasteiger partial charge in [-0.2, -0.15) is 0 Å². The molecule has 0 aliphatic carbocycles. The zero-order chi connectivity index (χ0) is 17.2. The lowest BCUT2D eigenvalue weighted by atomic mass is 10.3. The molecule has 1 rings (SSSR count). The molecule has 0 aromatic heterocycles. The molecule has 130 valence electrons. The molecule has 0 saturated carbocycles. The quantitative estimate of drug-likeness (QED) is 0.482. The molecule has 1 unspecified atom stereocenters. The van der Waals surface area contributed by atoms with Crippen LogP contribution in [0.15, 0.2) is 0 Å². The van der Waals surface area contributed by atoms with Gasteiger partial charge in [0.1, 0.15) is 12.6 Å². The van der Waals surface area contributed by atoms with Gasteiger partial charge in [-0.3, -0.25) is 24.0 Å². The number of nitrogens with one attached hydrogen (secondary N) is 2. The van der Waals surface area contributed by atoms with Crippen LogP contribution in [0.4, 0.5) is 0 Å². The van der Waals surface area contributed by atoms with Gasteiger partial charge in [0, 0.05) is 13.1 Å². The molecule has 1 fully saturated rings. The fraction of sp³-hybridized carbons (Fsp3) is 0.714. The van der Waals surface area contributed by atoms with E-state index in [9.17, 15) is 19.2 Å². The van der Waals surface area contributed by atoms with Gasteiger partial charge in [-0.25, -0.2) is 5.48 Å². The first-order valence-electron chi connectivity index (χ1n) is 7.69.